The summed E-state index contributed by atoms with van der Waals surface area (Å²) in [5.74, 6) is 1.13. The summed E-state index contributed by atoms with van der Waals surface area (Å²) in [6, 6.07) is 47.7. The van der Waals surface area contributed by atoms with E-state index in [0.29, 0.717) is 90.3 Å². The topological polar surface area (TPSA) is 398 Å². The van der Waals surface area contributed by atoms with Gasteiger partial charge in [-0.3, -0.25) is 4.98 Å². The highest BCUT2D eigenvalue weighted by Crippen LogP contribution is 2.43. The summed E-state index contributed by atoms with van der Waals surface area (Å²) in [7, 11) is 3.47. The summed E-state index contributed by atoms with van der Waals surface area (Å²) in [6.07, 6.45) is 16.6. The van der Waals surface area contributed by atoms with Gasteiger partial charge in [-0.05, 0) is 308 Å². The molecule has 3 aliphatic rings. The maximum atomic E-state index is 13.5. The van der Waals surface area contributed by atoms with Crippen molar-refractivity contribution in [3.63, 3.8) is 0 Å². The largest absolute Gasteiger partial charge is 0.481 e. The summed E-state index contributed by atoms with van der Waals surface area (Å²) >= 11 is 36.2. The van der Waals surface area contributed by atoms with Gasteiger partial charge in [-0.2, -0.15) is 13.8 Å². The zero-order valence-electron chi connectivity index (χ0n) is 82.7. The molecule has 2 saturated carbocycles. The molecule has 0 bridgehead atoms. The molecule has 778 valence electrons. The summed E-state index contributed by atoms with van der Waals surface area (Å²) < 4.78 is 141. The Bertz CT molecular complexity index is 7470. The van der Waals surface area contributed by atoms with Crippen molar-refractivity contribution in [1.82, 2.24) is 64.6 Å². The lowest BCUT2D eigenvalue weighted by atomic mass is 9.90. The van der Waals surface area contributed by atoms with Crippen molar-refractivity contribution in [2.45, 2.75) is 198 Å². The van der Waals surface area contributed by atoms with Gasteiger partial charge in [0, 0.05) is 86.4 Å². The molecule has 7 aromatic carbocycles. The van der Waals surface area contributed by atoms with Crippen LogP contribution in [0.3, 0.4) is 0 Å². The minimum atomic E-state index is -3.73. The van der Waals surface area contributed by atoms with Crippen molar-refractivity contribution in [3.05, 3.63) is 274 Å². The van der Waals surface area contributed by atoms with Gasteiger partial charge in [0.1, 0.15) is 16.1 Å². The molecule has 0 radical (unpaired) electrons. The van der Waals surface area contributed by atoms with Crippen molar-refractivity contribution < 1.29 is 66.3 Å². The molecule has 0 unspecified atom stereocenters. The Morgan fingerprint density at radius 3 is 1.32 bits per heavy atom. The first-order chi connectivity index (χ1) is 69.0. The number of halogens is 10. The van der Waals surface area contributed by atoms with E-state index in [1.54, 1.807) is 91.1 Å². The predicted octanol–water partition coefficient (Wildman–Crippen LogP) is 23.1. The first-order valence-electron chi connectivity index (χ1n) is 46.1. The monoisotopic (exact) mass is 2320 g/mol. The SMILES string of the molecule is CCc1cc(-c2ccc(CS(=O)(=O)c3cccc(Cl)c3Cl)nc2C)cc2cnc(NC3CCC(N(C)C)CC3)nc12.CCc1cc(-c2ccc(CS(=O)(=O)c3ccccc3Cl)nc2OC)cc2cnc(F)nc12.CCc1cc(N2OC(C)(C)C(C)(C)O2)cc2cnc(F)nc12.CN(C)C1CCC(N)CC1.COc1nc(CS(=O)(=O)c2ccccc2Cl)ccc1Br.COc1nc(N)ncc1Br.O=S(=O)(Cl)c1ccccc1Cl. The van der Waals surface area contributed by atoms with Crippen LogP contribution in [-0.2, 0) is 84.8 Å². The van der Waals surface area contributed by atoms with E-state index in [1.165, 1.54) is 114 Å². The van der Waals surface area contributed by atoms with E-state index in [2.05, 4.69) is 144 Å². The zero-order valence-corrected chi connectivity index (χ0v) is 93.7. The van der Waals surface area contributed by atoms with E-state index in [1.807, 2.05) is 85.0 Å². The average molecular weight is 2320 g/mol. The highest BCUT2D eigenvalue weighted by atomic mass is 79.9. The number of aromatic nitrogens is 11. The Balaban J connectivity index is 0.000000172. The van der Waals surface area contributed by atoms with Crippen LogP contribution in [0.4, 0.5) is 26.4 Å². The van der Waals surface area contributed by atoms with Gasteiger partial charge in [-0.25, -0.2) is 88.2 Å². The number of sulfone groups is 3. The van der Waals surface area contributed by atoms with Gasteiger partial charge in [-0.1, -0.05) is 127 Å². The predicted molar refractivity (Wildman–Crippen MR) is 580 cm³/mol. The number of nitrogens with one attached hydrogen (secondary N) is 1. The van der Waals surface area contributed by atoms with Crippen LogP contribution >= 0.6 is 101 Å². The second-order valence-electron chi connectivity index (χ2n) is 35.6. The van der Waals surface area contributed by atoms with Crippen LogP contribution < -0.4 is 36.2 Å². The number of rotatable bonds is 23. The number of nitrogens with zero attached hydrogens (tertiary/aromatic N) is 14. The number of ether oxygens (including phenoxy) is 3. The molecule has 7 aromatic heterocycles. The third-order valence-corrected chi connectivity index (χ3v) is 34.3. The molecule has 5 N–H and O–H groups in total. The van der Waals surface area contributed by atoms with Gasteiger partial charge in [0.25, 0.3) is 9.05 Å². The van der Waals surface area contributed by atoms with Crippen LogP contribution in [0, 0.1) is 19.1 Å². The van der Waals surface area contributed by atoms with E-state index in [9.17, 15) is 42.5 Å². The minimum absolute atomic E-state index is 0.00687. The van der Waals surface area contributed by atoms with E-state index < -0.39 is 61.9 Å². The van der Waals surface area contributed by atoms with Crippen LogP contribution in [-0.4, -0.2) is 183 Å². The lowest BCUT2D eigenvalue weighted by Crippen LogP contribution is -2.41. The first-order valence-corrected chi connectivity index (χ1v) is 56.8. The average Bonchev–Trinajstić information content (AvgIpc) is 1.58. The molecule has 2 aliphatic carbocycles. The molecule has 0 amide bonds. The molecule has 17 rings (SSSR count). The van der Waals surface area contributed by atoms with Crippen molar-refractivity contribution >= 4 is 189 Å². The summed E-state index contributed by atoms with van der Waals surface area (Å²) in [4.78, 5) is 61.9. The van der Waals surface area contributed by atoms with E-state index in [0.717, 1.165) is 92.8 Å². The van der Waals surface area contributed by atoms with Gasteiger partial charge in [0.15, 0.2) is 29.5 Å². The molecule has 146 heavy (non-hydrogen) atoms. The Morgan fingerprint density at radius 2 is 0.863 bits per heavy atom. The van der Waals surface area contributed by atoms with E-state index in [4.69, 9.17) is 109 Å². The number of anilines is 3. The molecule has 8 heterocycles. The smallest absolute Gasteiger partial charge is 0.309 e. The lowest BCUT2D eigenvalue weighted by Gasteiger charge is -2.33. The number of pyridine rings is 3. The maximum absolute atomic E-state index is 13.5. The van der Waals surface area contributed by atoms with Gasteiger partial charge in [-0.15, -0.1) is 5.23 Å². The number of benzene rings is 7. The first kappa shape index (κ1) is 116. The van der Waals surface area contributed by atoms with Gasteiger partial charge in [0.2, 0.25) is 29.5 Å². The van der Waals surface area contributed by atoms with Crippen LogP contribution in [0.25, 0.3) is 55.0 Å². The summed E-state index contributed by atoms with van der Waals surface area (Å²) in [5, 5.41) is 8.15. The van der Waals surface area contributed by atoms with Crippen molar-refractivity contribution in [1.29, 1.82) is 0 Å². The van der Waals surface area contributed by atoms with Crippen LogP contribution in [0.1, 0.15) is 139 Å². The number of hydrogen-bond acceptors (Lipinski definition) is 30. The zero-order chi connectivity index (χ0) is 107. The van der Waals surface area contributed by atoms with Crippen molar-refractivity contribution in [3.8, 4) is 39.9 Å². The Labute approximate surface area is 896 Å². The van der Waals surface area contributed by atoms with Gasteiger partial charge >= 0.3 is 12.2 Å². The van der Waals surface area contributed by atoms with Gasteiger partial charge < -0.3 is 40.8 Å². The maximum Gasteiger partial charge on any atom is 0.309 e. The minimum Gasteiger partial charge on any atom is -0.481 e. The Kier molecular flexibility index (Phi) is 41.0. The molecule has 0 spiro atoms. The van der Waals surface area contributed by atoms with E-state index in [-0.39, 0.29) is 73.8 Å². The molecule has 1 saturated heterocycles. The lowest BCUT2D eigenvalue weighted by molar-refractivity contribution is -0.0272. The molecular formula is C102H113Br2Cl6F2N17O13S4. The van der Waals surface area contributed by atoms with Crippen molar-refractivity contribution in [2.75, 3.05) is 65.8 Å². The van der Waals surface area contributed by atoms with Gasteiger partial charge in [0.05, 0.1) is 133 Å². The van der Waals surface area contributed by atoms with Crippen LogP contribution in [0.2, 0.25) is 25.1 Å². The fourth-order valence-corrected chi connectivity index (χ4v) is 23.9. The molecule has 30 nitrogen and oxygen atoms in total. The van der Waals surface area contributed by atoms with Crippen LogP contribution in [0.15, 0.2) is 217 Å². The van der Waals surface area contributed by atoms with Crippen molar-refractivity contribution in [2.24, 2.45) is 5.73 Å². The standard InChI is InChI=1S/C31H35Cl2N5O2S.C23H19ClFN3O3S.C16H20FN3O2.C13H11BrClNO3S.C8H18N2.C6H4Cl2O2S.C5H6BrN3O/c1-5-20-15-21(16-22-17-34-31(37-30(20)22)36-23-9-12-25(13-10-23)38(3)4)26-14-11-24(35-19(26)2)18-41(39,40)28-8-6-7-27(32)29(28)33;1-3-14-10-15(11-16-12-26-23(25)28-21(14)16)18-9-8-17(27-22(18)31-2)13-32(29,30)20-7-5-4-6-19(20)24;1-6-10-7-12(8-11-9-18-14(17)19-13(10)11)20-21-15(2,3)16(4,5)22-20;1-19-13-10(14)7-6-9(16-13)8-20(17,18)12-5-3-2-4-11(12)15;1-10(2)8-5-3-7(9)4-6-8;7-5-3-1-2-4-6(5)11(8,9)10;1-10-4-3(6)2-8-5(7)9-4/h6-8,11,14-17,23,25H,5,9-10,12-13,18H2,1-4H3,(H,34,36,37);4-12H,3,13H2,1-2H3;7-9H,6H2,1-5H3;2-7H,8H2,1H3;7-8H,3-6,9H2,1-2H3;1-4H;2H,1H3,(H2,7,8,9). The fraction of sp³-hybridized carbons (Fsp3) is 0.343. The number of hydrogen-bond donors (Lipinski definition) is 3. The number of methoxy groups -OCH3 is 3. The quantitative estimate of drug-likeness (QED) is 0.0395. The summed E-state index contributed by atoms with van der Waals surface area (Å²) in [5.41, 5.74) is 21.2. The normalized spacial score (nSPS) is 16.0. The number of nitrogen functional groups attached to an aromatic ring is 1. The van der Waals surface area contributed by atoms with Crippen LogP contribution in [0.5, 0.6) is 17.6 Å². The van der Waals surface area contributed by atoms with E-state index >= 15 is 0 Å². The number of nitrogens with two attached hydrogens (primary N) is 2. The molecule has 14 aromatic rings. The highest BCUT2D eigenvalue weighted by molar-refractivity contribution is 9.11. The third kappa shape index (κ3) is 30.7. The molecule has 44 heteroatoms. The third-order valence-electron chi connectivity index (χ3n) is 24.4. The summed E-state index contributed by atoms with van der Waals surface area (Å²) in [6.45, 7) is 15.9. The highest BCUT2D eigenvalue weighted by Gasteiger charge is 2.50. The Morgan fingerprint density at radius 1 is 0.459 bits per heavy atom. The molecule has 0 atom stereocenters. The Hall–Kier alpha value is -9.95. The number of aryl methyl sites for hydroxylation is 4. The fourth-order valence-electron chi connectivity index (χ4n) is 15.9. The number of fused-ring (bicyclic) bond motifs is 3. The second kappa shape index (κ2) is 51.5. The molecule has 1 aliphatic heterocycles. The second-order valence-corrected chi connectivity index (χ2v) is 47.7. The molecule has 3 fully saturated rings. The molecular weight excluding hydrogens is 2210 g/mol.